The van der Waals surface area contributed by atoms with Crippen molar-refractivity contribution in [2.45, 2.75) is 23.4 Å². The summed E-state index contributed by atoms with van der Waals surface area (Å²) in [6.07, 6.45) is 0.273. The van der Waals surface area contributed by atoms with E-state index in [1.165, 1.54) is 34.4 Å². The minimum atomic E-state index is -0.0655. The Kier molecular flexibility index (Phi) is 5.44. The molecule has 0 aliphatic rings. The van der Waals surface area contributed by atoms with Gasteiger partial charge in [0.15, 0.2) is 4.34 Å². The van der Waals surface area contributed by atoms with Crippen LogP contribution in [0.1, 0.15) is 16.3 Å². The Morgan fingerprint density at radius 1 is 1.29 bits per heavy atom. The number of amides is 1. The number of rotatable bonds is 6. The molecular weight excluding hydrogens is 362 g/mol. The van der Waals surface area contributed by atoms with Crippen LogP contribution in [0.5, 0.6) is 0 Å². The maximum absolute atomic E-state index is 12.1. The summed E-state index contributed by atoms with van der Waals surface area (Å²) in [5.41, 5.74) is 8.44. The van der Waals surface area contributed by atoms with Gasteiger partial charge in [-0.05, 0) is 19.1 Å². The van der Waals surface area contributed by atoms with Crippen molar-refractivity contribution in [3.8, 4) is 0 Å². The van der Waals surface area contributed by atoms with Gasteiger partial charge in [0.05, 0.1) is 12.1 Å². The first-order chi connectivity index (χ1) is 11.6. The molecule has 3 rings (SSSR count). The average molecular weight is 378 g/mol. The van der Waals surface area contributed by atoms with Gasteiger partial charge in [0.2, 0.25) is 11.0 Å². The summed E-state index contributed by atoms with van der Waals surface area (Å²) >= 11 is 4.38. The maximum atomic E-state index is 12.1. The molecular formula is C15H15N5OS3. The molecule has 0 fully saturated rings. The highest BCUT2D eigenvalue weighted by Gasteiger charge is 2.10. The Bertz CT molecular complexity index is 828. The first kappa shape index (κ1) is 16.9. The van der Waals surface area contributed by atoms with Crippen molar-refractivity contribution < 1.29 is 4.79 Å². The summed E-state index contributed by atoms with van der Waals surface area (Å²) in [5.74, 6) is 0.620. The Morgan fingerprint density at radius 3 is 2.79 bits per heavy atom. The number of nitrogens with one attached hydrogen (secondary N) is 1. The summed E-state index contributed by atoms with van der Waals surface area (Å²) < 4.78 is 0.819. The third-order valence-electron chi connectivity index (χ3n) is 3.01. The Morgan fingerprint density at radius 2 is 2.08 bits per heavy atom. The first-order valence-corrected chi connectivity index (χ1v) is 9.78. The van der Waals surface area contributed by atoms with Crippen LogP contribution < -0.4 is 11.1 Å². The minimum absolute atomic E-state index is 0.0655. The summed E-state index contributed by atoms with van der Waals surface area (Å²) in [6, 6.07) is 7.72. The first-order valence-electron chi connectivity index (χ1n) is 7.10. The number of nitrogen functional groups attached to an aromatic ring is 1. The maximum Gasteiger partial charge on any atom is 0.231 e. The molecule has 0 atom stereocenters. The van der Waals surface area contributed by atoms with E-state index in [4.69, 9.17) is 5.73 Å². The molecule has 6 nitrogen and oxygen atoms in total. The molecule has 0 aliphatic carbocycles. The van der Waals surface area contributed by atoms with Crippen LogP contribution in [0.25, 0.3) is 0 Å². The second-order valence-corrected chi connectivity index (χ2v) is 8.19. The number of aromatic nitrogens is 3. The molecule has 0 saturated carbocycles. The zero-order valence-corrected chi connectivity index (χ0v) is 15.3. The SMILES string of the molecule is Cc1ccc(NC(=O)Cc2nc(CSc3nnc(N)s3)cs2)cc1. The van der Waals surface area contributed by atoms with Crippen LogP contribution in [0, 0.1) is 6.92 Å². The molecule has 0 aliphatic heterocycles. The summed E-state index contributed by atoms with van der Waals surface area (Å²) in [5, 5.41) is 13.8. The zero-order chi connectivity index (χ0) is 16.9. The smallest absolute Gasteiger partial charge is 0.231 e. The second-order valence-electron chi connectivity index (χ2n) is 5.02. The minimum Gasteiger partial charge on any atom is -0.374 e. The van der Waals surface area contributed by atoms with Crippen LogP contribution in [0.2, 0.25) is 0 Å². The summed E-state index contributed by atoms with van der Waals surface area (Å²) in [6.45, 7) is 2.01. The van der Waals surface area contributed by atoms with Crippen molar-refractivity contribution in [3.63, 3.8) is 0 Å². The summed E-state index contributed by atoms with van der Waals surface area (Å²) in [7, 11) is 0. The normalized spacial score (nSPS) is 10.7. The Labute approximate surface area is 151 Å². The number of thioether (sulfide) groups is 1. The lowest BCUT2D eigenvalue weighted by molar-refractivity contribution is -0.115. The van der Waals surface area contributed by atoms with E-state index in [-0.39, 0.29) is 12.3 Å². The molecule has 0 bridgehead atoms. The molecule has 2 heterocycles. The van der Waals surface area contributed by atoms with E-state index in [1.807, 2.05) is 36.6 Å². The van der Waals surface area contributed by atoms with Crippen molar-refractivity contribution in [1.82, 2.24) is 15.2 Å². The molecule has 9 heteroatoms. The van der Waals surface area contributed by atoms with Crippen LogP contribution in [0.4, 0.5) is 10.8 Å². The van der Waals surface area contributed by atoms with Crippen molar-refractivity contribution >= 4 is 51.2 Å². The van der Waals surface area contributed by atoms with E-state index >= 15 is 0 Å². The topological polar surface area (TPSA) is 93.8 Å². The van der Waals surface area contributed by atoms with Crippen LogP contribution in [0.15, 0.2) is 34.0 Å². The van der Waals surface area contributed by atoms with Crippen LogP contribution in [-0.4, -0.2) is 21.1 Å². The molecule has 2 aromatic heterocycles. The lowest BCUT2D eigenvalue weighted by Gasteiger charge is -2.04. The van der Waals surface area contributed by atoms with Gasteiger partial charge in [0.1, 0.15) is 5.01 Å². The lowest BCUT2D eigenvalue weighted by Crippen LogP contribution is -2.14. The monoisotopic (exact) mass is 377 g/mol. The Balaban J connectivity index is 1.51. The number of benzene rings is 1. The molecule has 0 radical (unpaired) electrons. The lowest BCUT2D eigenvalue weighted by atomic mass is 10.2. The molecule has 124 valence electrons. The average Bonchev–Trinajstić information content (AvgIpc) is 3.16. The van der Waals surface area contributed by atoms with E-state index in [9.17, 15) is 4.79 Å². The number of carbonyl (C=O) groups excluding carboxylic acids is 1. The molecule has 24 heavy (non-hydrogen) atoms. The molecule has 0 saturated heterocycles. The largest absolute Gasteiger partial charge is 0.374 e. The van der Waals surface area contributed by atoms with Gasteiger partial charge in [-0.1, -0.05) is 40.8 Å². The van der Waals surface area contributed by atoms with Gasteiger partial charge in [-0.25, -0.2) is 4.98 Å². The quantitative estimate of drug-likeness (QED) is 0.640. The van der Waals surface area contributed by atoms with Crippen molar-refractivity contribution in [2.75, 3.05) is 11.1 Å². The number of nitrogens with zero attached hydrogens (tertiary/aromatic N) is 3. The molecule has 0 unspecified atom stereocenters. The van der Waals surface area contributed by atoms with Gasteiger partial charge >= 0.3 is 0 Å². The standard InChI is InChI=1S/C15H15N5OS3/c1-9-2-4-10(5-3-9)17-12(21)6-13-18-11(7-22-13)8-23-15-20-19-14(16)24-15/h2-5,7H,6,8H2,1H3,(H2,16,19)(H,17,21). The number of aryl methyl sites for hydroxylation is 1. The third kappa shape index (κ3) is 4.76. The predicted molar refractivity (Wildman–Crippen MR) is 99.5 cm³/mol. The van der Waals surface area contributed by atoms with Gasteiger partial charge < -0.3 is 11.1 Å². The Hall–Kier alpha value is -1.97. The highest BCUT2D eigenvalue weighted by molar-refractivity contribution is 8.00. The van der Waals surface area contributed by atoms with Crippen molar-refractivity contribution in [1.29, 1.82) is 0 Å². The number of carbonyl (C=O) groups is 1. The molecule has 0 spiro atoms. The van der Waals surface area contributed by atoms with E-state index in [2.05, 4.69) is 20.5 Å². The van der Waals surface area contributed by atoms with Gasteiger partial charge in [-0.2, -0.15) is 0 Å². The number of anilines is 2. The molecule has 1 amide bonds. The van der Waals surface area contributed by atoms with Crippen LogP contribution >= 0.6 is 34.4 Å². The van der Waals surface area contributed by atoms with Gasteiger partial charge in [-0.3, -0.25) is 4.79 Å². The second kappa shape index (κ2) is 7.73. The van der Waals surface area contributed by atoms with Gasteiger partial charge in [0, 0.05) is 16.8 Å². The number of thiazole rings is 1. The van der Waals surface area contributed by atoms with E-state index < -0.39 is 0 Å². The molecule has 1 aromatic carbocycles. The van der Waals surface area contributed by atoms with Gasteiger partial charge in [0.25, 0.3) is 0 Å². The number of hydrogen-bond acceptors (Lipinski definition) is 8. The molecule has 3 N–H and O–H groups in total. The van der Waals surface area contributed by atoms with Gasteiger partial charge in [-0.15, -0.1) is 21.5 Å². The van der Waals surface area contributed by atoms with Crippen molar-refractivity contribution in [3.05, 3.63) is 45.9 Å². The van der Waals surface area contributed by atoms with Crippen LogP contribution in [0.3, 0.4) is 0 Å². The fourth-order valence-electron chi connectivity index (χ4n) is 1.89. The third-order valence-corrected chi connectivity index (χ3v) is 5.83. The fraction of sp³-hybridized carbons (Fsp3) is 0.200. The highest BCUT2D eigenvalue weighted by Crippen LogP contribution is 2.27. The number of hydrogen-bond donors (Lipinski definition) is 2. The molecule has 3 aromatic rings. The highest BCUT2D eigenvalue weighted by atomic mass is 32.2. The predicted octanol–water partition coefficient (Wildman–Crippen LogP) is 3.36. The fourth-order valence-corrected chi connectivity index (χ4v) is 4.32. The summed E-state index contributed by atoms with van der Waals surface area (Å²) in [4.78, 5) is 16.6. The van der Waals surface area contributed by atoms with Crippen molar-refractivity contribution in [2.24, 2.45) is 0 Å². The van der Waals surface area contributed by atoms with E-state index in [1.54, 1.807) is 0 Å². The number of nitrogens with two attached hydrogens (primary N) is 1. The zero-order valence-electron chi connectivity index (χ0n) is 12.9. The van der Waals surface area contributed by atoms with Crippen LogP contribution in [-0.2, 0) is 17.0 Å². The van der Waals surface area contributed by atoms with E-state index in [0.717, 1.165) is 26.3 Å². The van der Waals surface area contributed by atoms with E-state index in [0.29, 0.717) is 10.9 Å².